The molecule has 0 N–H and O–H groups in total. The maximum absolute atomic E-state index is 14.4. The standard InChI is InChI=1S/C22H22NO2PS/c1-17-13-15-21(16-14-17)27(25)23-18(2)22(23)26(24,19-9-5-3-6-10-19)20-11-7-4-8-12-20/h3-16,18,22H,1-2H3/t18-,22+,23?,27?/m0/s1. The van der Waals surface area contributed by atoms with Crippen LogP contribution < -0.4 is 10.6 Å². The zero-order valence-corrected chi connectivity index (χ0v) is 17.1. The molecule has 0 amide bonds. The molecule has 0 aliphatic carbocycles. The normalized spacial score (nSPS) is 23.0. The molecule has 1 heterocycles. The van der Waals surface area contributed by atoms with Gasteiger partial charge in [0.15, 0.2) is 7.14 Å². The van der Waals surface area contributed by atoms with Crippen LogP contribution in [0.25, 0.3) is 0 Å². The van der Waals surface area contributed by atoms with Gasteiger partial charge in [0.1, 0.15) is 16.8 Å². The molecule has 0 saturated carbocycles. The Morgan fingerprint density at radius 3 is 1.78 bits per heavy atom. The summed E-state index contributed by atoms with van der Waals surface area (Å²) in [5.41, 5.74) is 1.13. The van der Waals surface area contributed by atoms with Gasteiger partial charge < -0.3 is 4.57 Å². The van der Waals surface area contributed by atoms with E-state index < -0.39 is 18.1 Å². The third kappa shape index (κ3) is 3.23. The lowest BCUT2D eigenvalue weighted by Crippen LogP contribution is -2.22. The molecule has 2 unspecified atom stereocenters. The van der Waals surface area contributed by atoms with Crippen molar-refractivity contribution in [2.75, 3.05) is 0 Å². The number of rotatable bonds is 5. The fourth-order valence-electron chi connectivity index (χ4n) is 3.55. The van der Waals surface area contributed by atoms with E-state index in [0.29, 0.717) is 0 Å². The Kier molecular flexibility index (Phi) is 4.90. The zero-order valence-electron chi connectivity index (χ0n) is 15.4. The van der Waals surface area contributed by atoms with Crippen LogP contribution in [0, 0.1) is 6.92 Å². The van der Waals surface area contributed by atoms with Gasteiger partial charge in [0.05, 0.1) is 4.90 Å². The average Bonchev–Trinajstić information content (AvgIpc) is 3.40. The molecule has 1 saturated heterocycles. The van der Waals surface area contributed by atoms with Crippen molar-refractivity contribution in [1.29, 1.82) is 0 Å². The third-order valence-corrected chi connectivity index (χ3v) is 10.4. The lowest BCUT2D eigenvalue weighted by Gasteiger charge is -2.19. The highest BCUT2D eigenvalue weighted by molar-refractivity contribution is 7.85. The monoisotopic (exact) mass is 395 g/mol. The maximum Gasteiger partial charge on any atom is 0.162 e. The summed E-state index contributed by atoms with van der Waals surface area (Å²) in [6, 6.07) is 26.9. The molecule has 1 fully saturated rings. The zero-order chi connectivity index (χ0) is 19.0. The van der Waals surface area contributed by atoms with E-state index >= 15 is 0 Å². The van der Waals surface area contributed by atoms with Gasteiger partial charge in [0, 0.05) is 16.7 Å². The number of nitrogens with zero attached hydrogens (tertiary/aromatic N) is 1. The lowest BCUT2D eigenvalue weighted by molar-refractivity contribution is 0.582. The van der Waals surface area contributed by atoms with Crippen molar-refractivity contribution in [3.8, 4) is 0 Å². The summed E-state index contributed by atoms with van der Waals surface area (Å²) in [5.74, 6) is -0.260. The molecule has 0 bridgehead atoms. The van der Waals surface area contributed by atoms with Crippen molar-refractivity contribution in [2.45, 2.75) is 30.6 Å². The van der Waals surface area contributed by atoms with Gasteiger partial charge in [-0.05, 0) is 26.0 Å². The highest BCUT2D eigenvalue weighted by Gasteiger charge is 2.59. The van der Waals surface area contributed by atoms with Crippen LogP contribution in [0.1, 0.15) is 12.5 Å². The molecular weight excluding hydrogens is 373 g/mol. The largest absolute Gasteiger partial charge is 0.312 e. The maximum atomic E-state index is 14.4. The van der Waals surface area contributed by atoms with Crippen LogP contribution in [-0.4, -0.2) is 20.3 Å². The van der Waals surface area contributed by atoms with Crippen molar-refractivity contribution in [2.24, 2.45) is 0 Å². The molecular formula is C22H22NO2PS. The van der Waals surface area contributed by atoms with Gasteiger partial charge in [-0.3, -0.25) is 0 Å². The van der Waals surface area contributed by atoms with Crippen LogP contribution in [0.15, 0.2) is 89.8 Å². The summed E-state index contributed by atoms with van der Waals surface area (Å²) in [7, 11) is -4.27. The number of aryl methyl sites for hydroxylation is 1. The van der Waals surface area contributed by atoms with Crippen LogP contribution in [0.2, 0.25) is 0 Å². The first-order chi connectivity index (χ1) is 13.0. The minimum Gasteiger partial charge on any atom is -0.312 e. The van der Waals surface area contributed by atoms with Gasteiger partial charge in [0.25, 0.3) is 0 Å². The Balaban J connectivity index is 1.75. The molecule has 0 radical (unpaired) electrons. The highest BCUT2D eigenvalue weighted by atomic mass is 32.2. The van der Waals surface area contributed by atoms with Crippen molar-refractivity contribution < 1.29 is 8.77 Å². The number of hydrogen-bond acceptors (Lipinski definition) is 2. The van der Waals surface area contributed by atoms with E-state index in [1.54, 1.807) is 0 Å². The van der Waals surface area contributed by atoms with Crippen LogP contribution >= 0.6 is 7.14 Å². The predicted molar refractivity (Wildman–Crippen MR) is 112 cm³/mol. The van der Waals surface area contributed by atoms with E-state index in [9.17, 15) is 8.77 Å². The summed E-state index contributed by atoms with van der Waals surface area (Å²) in [5, 5.41) is 1.63. The highest BCUT2D eigenvalue weighted by Crippen LogP contribution is 2.60. The number of benzene rings is 3. The van der Waals surface area contributed by atoms with Crippen molar-refractivity contribution >= 4 is 28.7 Å². The average molecular weight is 395 g/mol. The van der Waals surface area contributed by atoms with Gasteiger partial charge in [-0.1, -0.05) is 78.4 Å². The van der Waals surface area contributed by atoms with E-state index in [1.807, 2.05) is 103 Å². The summed E-state index contributed by atoms with van der Waals surface area (Å²) in [4.78, 5) is 0.752. The fourth-order valence-corrected chi connectivity index (χ4v) is 8.99. The summed E-state index contributed by atoms with van der Waals surface area (Å²) in [6.45, 7) is 4.02. The molecule has 3 aromatic rings. The molecule has 3 aromatic carbocycles. The SMILES string of the molecule is Cc1ccc(S(=O)N2[C@H](P(=O)(c3ccccc3)c3ccccc3)[C@@H]2C)cc1. The molecule has 5 heteroatoms. The van der Waals surface area contributed by atoms with Crippen LogP contribution in [-0.2, 0) is 15.6 Å². The lowest BCUT2D eigenvalue weighted by atomic mass is 10.2. The van der Waals surface area contributed by atoms with Crippen molar-refractivity contribution in [3.05, 3.63) is 90.5 Å². The van der Waals surface area contributed by atoms with Crippen LogP contribution in [0.3, 0.4) is 0 Å². The van der Waals surface area contributed by atoms with E-state index in [2.05, 4.69) is 0 Å². The summed E-state index contributed by atoms with van der Waals surface area (Å²) < 4.78 is 29.5. The molecule has 0 spiro atoms. The molecule has 27 heavy (non-hydrogen) atoms. The smallest absolute Gasteiger partial charge is 0.162 e. The molecule has 4 rings (SSSR count). The minimum atomic E-state index is -2.95. The minimum absolute atomic E-state index is 0.0154. The van der Waals surface area contributed by atoms with Gasteiger partial charge in [0.2, 0.25) is 0 Å². The van der Waals surface area contributed by atoms with E-state index in [1.165, 1.54) is 0 Å². The molecule has 138 valence electrons. The van der Waals surface area contributed by atoms with Gasteiger partial charge in [-0.2, -0.15) is 0 Å². The van der Waals surface area contributed by atoms with Crippen LogP contribution in [0.5, 0.6) is 0 Å². The van der Waals surface area contributed by atoms with Crippen molar-refractivity contribution in [3.63, 3.8) is 0 Å². The first-order valence-electron chi connectivity index (χ1n) is 9.01. The Hall–Kier alpha value is -2.00. The van der Waals surface area contributed by atoms with Crippen LogP contribution in [0.4, 0.5) is 0 Å². The van der Waals surface area contributed by atoms with E-state index in [0.717, 1.165) is 21.1 Å². The third-order valence-electron chi connectivity index (χ3n) is 5.07. The quantitative estimate of drug-likeness (QED) is 0.483. The molecule has 1 aliphatic rings. The second kappa shape index (κ2) is 7.20. The van der Waals surface area contributed by atoms with Crippen molar-refractivity contribution in [1.82, 2.24) is 4.31 Å². The Labute approximate surface area is 163 Å². The molecule has 4 atom stereocenters. The molecule has 1 aliphatic heterocycles. The summed E-state index contributed by atoms with van der Waals surface area (Å²) >= 11 is 0. The van der Waals surface area contributed by atoms with E-state index in [-0.39, 0.29) is 11.8 Å². The number of hydrogen-bond donors (Lipinski definition) is 0. The first-order valence-corrected chi connectivity index (χ1v) is 11.9. The Bertz CT molecular complexity index is 962. The second-order valence-corrected chi connectivity index (χ2v) is 11.2. The fraction of sp³-hybridized carbons (Fsp3) is 0.182. The van der Waals surface area contributed by atoms with Gasteiger partial charge >= 0.3 is 0 Å². The topological polar surface area (TPSA) is 37.1 Å². The Morgan fingerprint density at radius 1 is 0.815 bits per heavy atom. The predicted octanol–water partition coefficient (Wildman–Crippen LogP) is 4.06. The van der Waals surface area contributed by atoms with Gasteiger partial charge in [-0.15, -0.1) is 0 Å². The molecule has 3 nitrogen and oxygen atoms in total. The Morgan fingerprint density at radius 2 is 1.30 bits per heavy atom. The first kappa shape index (κ1) is 18.4. The second-order valence-electron chi connectivity index (χ2n) is 6.91. The van der Waals surface area contributed by atoms with E-state index in [4.69, 9.17) is 0 Å². The summed E-state index contributed by atoms with van der Waals surface area (Å²) in [6.07, 6.45) is 0. The van der Waals surface area contributed by atoms with Gasteiger partial charge in [-0.25, -0.2) is 8.51 Å². The molecule has 0 aromatic heterocycles.